The summed E-state index contributed by atoms with van der Waals surface area (Å²) in [7, 11) is 1.61. The largest absolute Gasteiger partial charge is 0.497 e. The molecule has 0 saturated carbocycles. The van der Waals surface area contributed by atoms with Crippen molar-refractivity contribution in [2.24, 2.45) is 0 Å². The molecule has 0 aliphatic carbocycles. The summed E-state index contributed by atoms with van der Waals surface area (Å²) >= 11 is 1.41. The van der Waals surface area contributed by atoms with Crippen molar-refractivity contribution in [1.29, 1.82) is 0 Å². The lowest BCUT2D eigenvalue weighted by Gasteiger charge is -2.13. The maximum absolute atomic E-state index is 12.5. The highest BCUT2D eigenvalue weighted by Crippen LogP contribution is 2.25. The van der Waals surface area contributed by atoms with E-state index < -0.39 is 0 Å². The molecule has 1 aromatic heterocycles. The van der Waals surface area contributed by atoms with Gasteiger partial charge in [-0.2, -0.15) is 0 Å². The summed E-state index contributed by atoms with van der Waals surface area (Å²) in [6, 6.07) is 17.5. The zero-order valence-electron chi connectivity index (χ0n) is 16.3. The van der Waals surface area contributed by atoms with Crippen molar-refractivity contribution in [3.05, 3.63) is 66.0 Å². The van der Waals surface area contributed by atoms with Gasteiger partial charge in [0.25, 0.3) is 0 Å². The Morgan fingerprint density at radius 1 is 1.14 bits per heavy atom. The fourth-order valence-corrected chi connectivity index (χ4v) is 3.69. The van der Waals surface area contributed by atoms with Gasteiger partial charge in [-0.25, -0.2) is 0 Å². The van der Waals surface area contributed by atoms with E-state index in [1.165, 1.54) is 17.3 Å². The number of nitrogens with one attached hydrogen (secondary N) is 1. The number of hydrogen-bond acceptors (Lipinski definition) is 5. The van der Waals surface area contributed by atoms with E-state index in [0.717, 1.165) is 29.0 Å². The highest BCUT2D eigenvalue weighted by molar-refractivity contribution is 8.00. The van der Waals surface area contributed by atoms with Crippen molar-refractivity contribution in [3.63, 3.8) is 0 Å². The van der Waals surface area contributed by atoms with Gasteiger partial charge in [-0.15, -0.1) is 10.2 Å². The molecule has 0 radical (unpaired) electrons. The normalized spacial score (nSPS) is 11.8. The van der Waals surface area contributed by atoms with E-state index in [1.54, 1.807) is 7.11 Å². The molecule has 1 heterocycles. The van der Waals surface area contributed by atoms with Gasteiger partial charge in [0, 0.05) is 18.7 Å². The minimum Gasteiger partial charge on any atom is -0.497 e. The molecule has 6 nitrogen and oxygen atoms in total. The minimum atomic E-state index is -0.304. The average molecular weight is 397 g/mol. The number of anilines is 1. The molecule has 3 rings (SSSR count). The maximum Gasteiger partial charge on any atom is 0.237 e. The summed E-state index contributed by atoms with van der Waals surface area (Å²) in [5.41, 5.74) is 1.92. The van der Waals surface area contributed by atoms with Gasteiger partial charge in [0.05, 0.1) is 12.4 Å². The Morgan fingerprint density at radius 2 is 1.86 bits per heavy atom. The van der Waals surface area contributed by atoms with Gasteiger partial charge in [-0.3, -0.25) is 4.79 Å². The van der Waals surface area contributed by atoms with Crippen LogP contribution in [0.25, 0.3) is 0 Å². The maximum atomic E-state index is 12.5. The number of carbonyl (C=O) groups excluding carboxylic acids is 1. The Kier molecular flexibility index (Phi) is 6.71. The molecule has 7 heteroatoms. The van der Waals surface area contributed by atoms with Gasteiger partial charge in [0.1, 0.15) is 11.6 Å². The van der Waals surface area contributed by atoms with E-state index in [1.807, 2.05) is 49.4 Å². The van der Waals surface area contributed by atoms with Crippen molar-refractivity contribution in [2.45, 2.75) is 37.2 Å². The number of methoxy groups -OCH3 is 1. The zero-order chi connectivity index (χ0) is 19.9. The van der Waals surface area contributed by atoms with Crippen LogP contribution in [0.4, 0.5) is 5.69 Å². The summed E-state index contributed by atoms with van der Waals surface area (Å²) in [4.78, 5) is 12.5. The van der Waals surface area contributed by atoms with Gasteiger partial charge < -0.3 is 14.6 Å². The van der Waals surface area contributed by atoms with Crippen molar-refractivity contribution < 1.29 is 9.53 Å². The Hall–Kier alpha value is -2.80. The third kappa shape index (κ3) is 4.92. The lowest BCUT2D eigenvalue weighted by atomic mass is 10.1. The molecule has 28 heavy (non-hydrogen) atoms. The smallest absolute Gasteiger partial charge is 0.237 e. The zero-order valence-corrected chi connectivity index (χ0v) is 17.1. The summed E-state index contributed by atoms with van der Waals surface area (Å²) in [5.74, 6) is 1.58. The monoisotopic (exact) mass is 396 g/mol. The highest BCUT2D eigenvalue weighted by Gasteiger charge is 2.20. The Bertz CT molecular complexity index is 910. The third-order valence-corrected chi connectivity index (χ3v) is 5.40. The van der Waals surface area contributed by atoms with Gasteiger partial charge in [0.15, 0.2) is 5.16 Å². The number of hydrogen-bond donors (Lipinski definition) is 1. The quantitative estimate of drug-likeness (QED) is 0.583. The van der Waals surface area contributed by atoms with Gasteiger partial charge >= 0.3 is 0 Å². The molecule has 0 aliphatic heterocycles. The van der Waals surface area contributed by atoms with Crippen LogP contribution < -0.4 is 10.1 Å². The molecule has 0 spiro atoms. The lowest BCUT2D eigenvalue weighted by molar-refractivity contribution is -0.115. The molecule has 1 atom stereocenters. The molecule has 0 fully saturated rings. The van der Waals surface area contributed by atoms with Crippen molar-refractivity contribution in [3.8, 4) is 5.75 Å². The Morgan fingerprint density at radius 3 is 2.50 bits per heavy atom. The fraction of sp³-hybridized carbons (Fsp3) is 0.286. The highest BCUT2D eigenvalue weighted by atomic mass is 32.2. The van der Waals surface area contributed by atoms with Crippen LogP contribution in [0, 0.1) is 0 Å². The second-order valence-electron chi connectivity index (χ2n) is 6.28. The van der Waals surface area contributed by atoms with Crippen LogP contribution in [0.15, 0.2) is 59.8 Å². The van der Waals surface area contributed by atoms with Crippen molar-refractivity contribution in [1.82, 2.24) is 14.8 Å². The molecule has 146 valence electrons. The van der Waals surface area contributed by atoms with E-state index in [2.05, 4.69) is 39.1 Å². The van der Waals surface area contributed by atoms with E-state index in [4.69, 9.17) is 4.74 Å². The second kappa shape index (κ2) is 9.41. The lowest BCUT2D eigenvalue weighted by Crippen LogP contribution is -2.23. The van der Waals surface area contributed by atoms with Crippen LogP contribution in [-0.2, 0) is 17.8 Å². The molecular weight excluding hydrogens is 372 g/mol. The molecule has 0 aliphatic rings. The minimum absolute atomic E-state index is 0.0783. The molecular formula is C21H24N4O2S. The van der Waals surface area contributed by atoms with Crippen LogP contribution in [0.5, 0.6) is 5.75 Å². The van der Waals surface area contributed by atoms with Crippen LogP contribution in [0.2, 0.25) is 0 Å². The first kappa shape index (κ1) is 19.9. The number of nitrogens with zero attached hydrogens (tertiary/aromatic N) is 3. The predicted molar refractivity (Wildman–Crippen MR) is 112 cm³/mol. The second-order valence-corrected chi connectivity index (χ2v) is 7.59. The van der Waals surface area contributed by atoms with Crippen molar-refractivity contribution >= 4 is 23.4 Å². The Balaban J connectivity index is 1.65. The number of aromatic nitrogens is 3. The summed E-state index contributed by atoms with van der Waals surface area (Å²) in [6.45, 7) is 4.68. The number of rotatable bonds is 8. The first-order valence-corrected chi connectivity index (χ1v) is 10.1. The molecule has 3 aromatic rings. The molecule has 1 N–H and O–H groups in total. The van der Waals surface area contributed by atoms with Gasteiger partial charge in [0.2, 0.25) is 5.91 Å². The van der Waals surface area contributed by atoms with Crippen LogP contribution >= 0.6 is 11.8 Å². The summed E-state index contributed by atoms with van der Waals surface area (Å²) in [5, 5.41) is 12.0. The van der Waals surface area contributed by atoms with E-state index in [-0.39, 0.29) is 11.2 Å². The average Bonchev–Trinajstić information content (AvgIpc) is 3.10. The molecule has 1 unspecified atom stereocenters. The topological polar surface area (TPSA) is 69.0 Å². The summed E-state index contributed by atoms with van der Waals surface area (Å²) in [6.07, 6.45) is 0.717. The van der Waals surface area contributed by atoms with Crippen LogP contribution in [0.3, 0.4) is 0 Å². The molecule has 0 saturated heterocycles. The fourth-order valence-electron chi connectivity index (χ4n) is 2.76. The molecule has 1 amide bonds. The van der Waals surface area contributed by atoms with Gasteiger partial charge in [-0.05, 0) is 43.7 Å². The molecule has 0 bridgehead atoms. The predicted octanol–water partition coefficient (Wildman–Crippen LogP) is 4.02. The first-order valence-electron chi connectivity index (χ1n) is 9.18. The third-order valence-electron chi connectivity index (χ3n) is 4.32. The Labute approximate surface area is 169 Å². The van der Waals surface area contributed by atoms with Crippen molar-refractivity contribution in [2.75, 3.05) is 12.4 Å². The van der Waals surface area contributed by atoms with E-state index in [9.17, 15) is 4.79 Å². The number of benzene rings is 2. The molecule has 2 aromatic carbocycles. The number of carbonyl (C=O) groups is 1. The van der Waals surface area contributed by atoms with E-state index in [0.29, 0.717) is 6.42 Å². The van der Waals surface area contributed by atoms with Crippen LogP contribution in [0.1, 0.15) is 25.2 Å². The number of ether oxygens (including phenoxy) is 1. The van der Waals surface area contributed by atoms with E-state index >= 15 is 0 Å². The first-order chi connectivity index (χ1) is 13.6. The SMILES string of the molecule is CCn1c(Cc2ccccc2)nnc1SC(C)C(=O)Nc1ccc(OC)cc1. The number of thioether (sulfide) groups is 1. The number of amides is 1. The standard InChI is InChI=1S/C21H24N4O2S/c1-4-25-19(14-16-8-6-5-7-9-16)23-24-21(25)28-15(2)20(26)22-17-10-12-18(27-3)13-11-17/h5-13,15H,4,14H2,1-3H3,(H,22,26). The summed E-state index contributed by atoms with van der Waals surface area (Å²) < 4.78 is 7.20. The van der Waals surface area contributed by atoms with Crippen LogP contribution in [-0.4, -0.2) is 33.0 Å². The van der Waals surface area contributed by atoms with Gasteiger partial charge in [-0.1, -0.05) is 42.1 Å².